The summed E-state index contributed by atoms with van der Waals surface area (Å²) >= 11 is 0. The van der Waals surface area contributed by atoms with E-state index in [2.05, 4.69) is 10.2 Å². The van der Waals surface area contributed by atoms with Crippen LogP contribution in [0.25, 0.3) is 10.8 Å². The number of Topliss-reactive ketones (excluding diaryl/α,β-unsaturated/α-hetero) is 1. The first-order chi connectivity index (χ1) is 13.9. The standard InChI is InChI=1S/C21H23N3O5/c1-13-11-17(14(2)24(13)9-6-10-28-3)18(25)12-29-21(27)19-15-7-4-5-8-16(15)20(26)23-22-19/h4-5,7-8,11H,6,9-10,12H2,1-3H3,(H,23,26). The highest BCUT2D eigenvalue weighted by Crippen LogP contribution is 2.17. The number of ketones is 1. The molecule has 152 valence electrons. The topological polar surface area (TPSA) is 103 Å². The molecule has 0 fully saturated rings. The molecule has 0 radical (unpaired) electrons. The molecule has 2 heterocycles. The number of rotatable bonds is 8. The molecule has 0 spiro atoms. The molecule has 0 aliphatic carbocycles. The number of aromatic amines is 1. The smallest absolute Gasteiger partial charge is 0.359 e. The minimum atomic E-state index is -0.764. The van der Waals surface area contributed by atoms with Crippen LogP contribution in [-0.2, 0) is 16.0 Å². The first-order valence-electron chi connectivity index (χ1n) is 9.27. The summed E-state index contributed by atoms with van der Waals surface area (Å²) in [6, 6.07) is 8.40. The van der Waals surface area contributed by atoms with Crippen LogP contribution >= 0.6 is 0 Å². The van der Waals surface area contributed by atoms with E-state index in [4.69, 9.17) is 9.47 Å². The summed E-state index contributed by atoms with van der Waals surface area (Å²) in [6.07, 6.45) is 0.834. The van der Waals surface area contributed by atoms with E-state index in [1.165, 1.54) is 0 Å². The van der Waals surface area contributed by atoms with Crippen LogP contribution in [0.15, 0.2) is 35.1 Å². The van der Waals surface area contributed by atoms with Crippen molar-refractivity contribution in [2.75, 3.05) is 20.3 Å². The van der Waals surface area contributed by atoms with Gasteiger partial charge in [0.2, 0.25) is 5.78 Å². The fourth-order valence-electron chi connectivity index (χ4n) is 3.34. The third kappa shape index (κ3) is 4.27. The number of ether oxygens (including phenoxy) is 2. The lowest BCUT2D eigenvalue weighted by Gasteiger charge is -2.09. The summed E-state index contributed by atoms with van der Waals surface area (Å²) in [5, 5.41) is 6.79. The van der Waals surface area contributed by atoms with Crippen molar-refractivity contribution in [3.05, 3.63) is 63.3 Å². The summed E-state index contributed by atoms with van der Waals surface area (Å²) in [7, 11) is 1.65. The van der Waals surface area contributed by atoms with Gasteiger partial charge < -0.3 is 14.0 Å². The van der Waals surface area contributed by atoms with E-state index < -0.39 is 18.1 Å². The van der Waals surface area contributed by atoms with Crippen molar-refractivity contribution in [1.29, 1.82) is 0 Å². The number of carbonyl (C=O) groups excluding carboxylic acids is 2. The van der Waals surface area contributed by atoms with Crippen molar-refractivity contribution in [3.63, 3.8) is 0 Å². The number of hydrogen-bond acceptors (Lipinski definition) is 6. The van der Waals surface area contributed by atoms with Gasteiger partial charge in [-0.25, -0.2) is 9.89 Å². The highest BCUT2D eigenvalue weighted by molar-refractivity contribution is 6.04. The summed E-state index contributed by atoms with van der Waals surface area (Å²) in [5.41, 5.74) is 1.88. The van der Waals surface area contributed by atoms with Gasteiger partial charge in [0.25, 0.3) is 5.56 Å². The van der Waals surface area contributed by atoms with Crippen LogP contribution in [-0.4, -0.2) is 46.8 Å². The number of benzene rings is 1. The minimum Gasteiger partial charge on any atom is -0.452 e. The number of H-pyrrole nitrogens is 1. The van der Waals surface area contributed by atoms with Crippen LogP contribution in [0.3, 0.4) is 0 Å². The summed E-state index contributed by atoms with van der Waals surface area (Å²) in [5.74, 6) is -1.06. The van der Waals surface area contributed by atoms with E-state index in [0.29, 0.717) is 22.9 Å². The lowest BCUT2D eigenvalue weighted by atomic mass is 10.1. The van der Waals surface area contributed by atoms with Crippen LogP contribution in [0, 0.1) is 13.8 Å². The fourth-order valence-corrected chi connectivity index (χ4v) is 3.34. The molecule has 3 rings (SSSR count). The first-order valence-corrected chi connectivity index (χ1v) is 9.27. The van der Waals surface area contributed by atoms with Crippen molar-refractivity contribution < 1.29 is 19.1 Å². The number of aromatic nitrogens is 3. The van der Waals surface area contributed by atoms with Gasteiger partial charge in [-0.15, -0.1) is 0 Å². The molecule has 0 saturated heterocycles. The van der Waals surface area contributed by atoms with Crippen molar-refractivity contribution >= 4 is 22.5 Å². The number of aryl methyl sites for hydroxylation is 1. The number of methoxy groups -OCH3 is 1. The van der Waals surface area contributed by atoms with E-state index in [9.17, 15) is 14.4 Å². The van der Waals surface area contributed by atoms with Gasteiger partial charge in [-0.05, 0) is 32.4 Å². The largest absolute Gasteiger partial charge is 0.452 e. The Morgan fingerprint density at radius 1 is 1.17 bits per heavy atom. The lowest BCUT2D eigenvalue weighted by Crippen LogP contribution is -2.19. The molecule has 0 unspecified atom stereocenters. The highest BCUT2D eigenvalue weighted by Gasteiger charge is 2.20. The Labute approximate surface area is 167 Å². The third-order valence-corrected chi connectivity index (χ3v) is 4.83. The summed E-state index contributed by atoms with van der Waals surface area (Å²) < 4.78 is 12.3. The van der Waals surface area contributed by atoms with Gasteiger partial charge in [0.15, 0.2) is 12.3 Å². The van der Waals surface area contributed by atoms with Crippen LogP contribution in [0.1, 0.15) is 38.7 Å². The second-order valence-electron chi connectivity index (χ2n) is 6.73. The van der Waals surface area contributed by atoms with Crippen molar-refractivity contribution in [2.24, 2.45) is 0 Å². The van der Waals surface area contributed by atoms with Crippen LogP contribution < -0.4 is 5.56 Å². The first kappa shape index (κ1) is 20.5. The second kappa shape index (κ2) is 8.83. The maximum Gasteiger partial charge on any atom is 0.359 e. The number of hydrogen-bond donors (Lipinski definition) is 1. The second-order valence-corrected chi connectivity index (χ2v) is 6.73. The lowest BCUT2D eigenvalue weighted by molar-refractivity contribution is 0.0469. The van der Waals surface area contributed by atoms with Gasteiger partial charge in [-0.2, -0.15) is 5.10 Å². The molecule has 2 aromatic heterocycles. The zero-order valence-electron chi connectivity index (χ0n) is 16.7. The molecule has 0 amide bonds. The van der Waals surface area contributed by atoms with Crippen LogP contribution in [0.2, 0.25) is 0 Å². The van der Waals surface area contributed by atoms with E-state index in [1.807, 2.05) is 18.4 Å². The predicted octanol–water partition coefficient (Wildman–Crippen LogP) is 2.42. The van der Waals surface area contributed by atoms with Crippen molar-refractivity contribution in [2.45, 2.75) is 26.8 Å². The van der Waals surface area contributed by atoms with Crippen LogP contribution in [0.4, 0.5) is 0 Å². The van der Waals surface area contributed by atoms with E-state index in [-0.39, 0.29) is 11.5 Å². The van der Waals surface area contributed by atoms with Crippen molar-refractivity contribution in [1.82, 2.24) is 14.8 Å². The predicted molar refractivity (Wildman–Crippen MR) is 107 cm³/mol. The van der Waals surface area contributed by atoms with Gasteiger partial charge in [-0.3, -0.25) is 9.59 Å². The van der Waals surface area contributed by atoms with Gasteiger partial charge in [0.1, 0.15) is 0 Å². The van der Waals surface area contributed by atoms with Crippen LogP contribution in [0.5, 0.6) is 0 Å². The number of carbonyl (C=O) groups is 2. The highest BCUT2D eigenvalue weighted by atomic mass is 16.5. The summed E-state index contributed by atoms with van der Waals surface area (Å²) in [4.78, 5) is 36.9. The zero-order chi connectivity index (χ0) is 21.0. The maximum atomic E-state index is 12.6. The Kier molecular flexibility index (Phi) is 6.23. The Balaban J connectivity index is 1.73. The Hall–Kier alpha value is -3.26. The van der Waals surface area contributed by atoms with Gasteiger partial charge in [0, 0.05) is 42.6 Å². The number of esters is 1. The average Bonchev–Trinajstić information content (AvgIpc) is 3.01. The Bertz CT molecular complexity index is 1110. The summed E-state index contributed by atoms with van der Waals surface area (Å²) in [6.45, 7) is 4.77. The molecule has 0 atom stereocenters. The molecule has 29 heavy (non-hydrogen) atoms. The minimum absolute atomic E-state index is 0.0296. The Morgan fingerprint density at radius 3 is 2.62 bits per heavy atom. The monoisotopic (exact) mass is 397 g/mol. The molecule has 1 aromatic carbocycles. The molecule has 8 nitrogen and oxygen atoms in total. The van der Waals surface area contributed by atoms with Crippen molar-refractivity contribution in [3.8, 4) is 0 Å². The molecule has 1 N–H and O–H groups in total. The van der Waals surface area contributed by atoms with Gasteiger partial charge in [0.05, 0.1) is 5.39 Å². The molecule has 0 aliphatic heterocycles. The Morgan fingerprint density at radius 2 is 1.90 bits per heavy atom. The van der Waals surface area contributed by atoms with E-state index >= 15 is 0 Å². The normalized spacial score (nSPS) is 11.0. The molecule has 0 saturated carbocycles. The molecule has 0 aliphatic rings. The molecule has 3 aromatic rings. The van der Waals surface area contributed by atoms with E-state index in [1.54, 1.807) is 37.4 Å². The molecular weight excluding hydrogens is 374 g/mol. The van der Waals surface area contributed by atoms with Gasteiger partial charge >= 0.3 is 5.97 Å². The zero-order valence-corrected chi connectivity index (χ0v) is 16.7. The van der Waals surface area contributed by atoms with Gasteiger partial charge in [-0.1, -0.05) is 18.2 Å². The molecule has 0 bridgehead atoms. The van der Waals surface area contributed by atoms with E-state index in [0.717, 1.165) is 24.4 Å². The fraction of sp³-hybridized carbons (Fsp3) is 0.333. The number of fused-ring (bicyclic) bond motifs is 1. The SMILES string of the molecule is COCCCn1c(C)cc(C(=O)COC(=O)c2n[nH]c(=O)c3ccccc23)c1C. The third-order valence-electron chi connectivity index (χ3n) is 4.83. The molecule has 8 heteroatoms. The maximum absolute atomic E-state index is 12.6. The number of nitrogens with one attached hydrogen (secondary N) is 1. The number of nitrogens with zero attached hydrogens (tertiary/aromatic N) is 2. The quantitative estimate of drug-likeness (QED) is 0.356. The average molecular weight is 397 g/mol. The molecular formula is C21H23N3O5.